The summed E-state index contributed by atoms with van der Waals surface area (Å²) in [6.07, 6.45) is 1.78. The molecule has 2 rings (SSSR count). The summed E-state index contributed by atoms with van der Waals surface area (Å²) in [5.41, 5.74) is -0.329. The molecule has 1 aromatic carbocycles. The third-order valence-corrected chi connectivity index (χ3v) is 4.00. The number of nitrogens with one attached hydrogen (secondary N) is 1. The van der Waals surface area contributed by atoms with Gasteiger partial charge in [0.15, 0.2) is 5.13 Å². The van der Waals surface area contributed by atoms with Crippen molar-refractivity contribution < 1.29 is 18.0 Å². The average molecular weight is 332 g/mol. The van der Waals surface area contributed by atoms with Crippen LogP contribution in [0.5, 0.6) is 0 Å². The standard InChI is InChI=1S/C13H11F3N2OS2/c1-6-12(11-8(15)3-7(14)4-9(11)16)18-13(21-6)17-10(19)5-20-2/h3-4H,5H2,1-2H3,(H,17,18,19). The molecule has 0 spiro atoms. The van der Waals surface area contributed by atoms with Gasteiger partial charge in [-0.2, -0.15) is 11.8 Å². The highest BCUT2D eigenvalue weighted by Crippen LogP contribution is 2.34. The lowest BCUT2D eigenvalue weighted by Gasteiger charge is -2.03. The fourth-order valence-corrected chi connectivity index (χ4v) is 2.91. The van der Waals surface area contributed by atoms with Gasteiger partial charge in [0.05, 0.1) is 17.0 Å². The Hall–Kier alpha value is -1.54. The SMILES string of the molecule is CSCC(=O)Nc1nc(-c2c(F)cc(F)cc2F)c(C)s1. The van der Waals surface area contributed by atoms with E-state index < -0.39 is 23.0 Å². The van der Waals surface area contributed by atoms with E-state index in [2.05, 4.69) is 10.3 Å². The summed E-state index contributed by atoms with van der Waals surface area (Å²) in [7, 11) is 0. The van der Waals surface area contributed by atoms with Crippen LogP contribution < -0.4 is 5.32 Å². The number of hydrogen-bond donors (Lipinski definition) is 1. The van der Waals surface area contributed by atoms with Crippen LogP contribution in [0.25, 0.3) is 11.3 Å². The van der Waals surface area contributed by atoms with Crippen molar-refractivity contribution in [1.29, 1.82) is 0 Å². The molecule has 0 fully saturated rings. The molecule has 0 aliphatic heterocycles. The van der Waals surface area contributed by atoms with E-state index in [1.807, 2.05) is 0 Å². The van der Waals surface area contributed by atoms with Gasteiger partial charge in [0, 0.05) is 17.0 Å². The molecule has 0 aliphatic carbocycles. The average Bonchev–Trinajstić information content (AvgIpc) is 2.69. The van der Waals surface area contributed by atoms with E-state index in [9.17, 15) is 18.0 Å². The van der Waals surface area contributed by atoms with Crippen LogP contribution in [0.2, 0.25) is 0 Å². The van der Waals surface area contributed by atoms with Crippen LogP contribution in [-0.4, -0.2) is 22.9 Å². The van der Waals surface area contributed by atoms with Crippen LogP contribution >= 0.6 is 23.1 Å². The second-order valence-electron chi connectivity index (χ2n) is 4.15. The van der Waals surface area contributed by atoms with Crippen LogP contribution in [0.4, 0.5) is 18.3 Å². The number of aromatic nitrogens is 1. The van der Waals surface area contributed by atoms with Gasteiger partial charge >= 0.3 is 0 Å². The lowest BCUT2D eigenvalue weighted by Crippen LogP contribution is -2.13. The zero-order valence-electron chi connectivity index (χ0n) is 11.2. The molecule has 21 heavy (non-hydrogen) atoms. The lowest BCUT2D eigenvalue weighted by atomic mass is 10.1. The van der Waals surface area contributed by atoms with Gasteiger partial charge in [0.1, 0.15) is 17.5 Å². The number of carbonyl (C=O) groups is 1. The first-order valence-electron chi connectivity index (χ1n) is 5.83. The van der Waals surface area contributed by atoms with Gasteiger partial charge in [-0.15, -0.1) is 11.3 Å². The van der Waals surface area contributed by atoms with Crippen LogP contribution in [0, 0.1) is 24.4 Å². The third kappa shape index (κ3) is 3.56. The quantitative estimate of drug-likeness (QED) is 0.925. The Kier molecular flexibility index (Phi) is 4.89. The number of anilines is 1. The van der Waals surface area contributed by atoms with E-state index in [0.717, 1.165) is 11.3 Å². The molecule has 0 saturated heterocycles. The number of nitrogens with zero attached hydrogens (tertiary/aromatic N) is 1. The normalized spacial score (nSPS) is 10.7. The van der Waals surface area contributed by atoms with Gasteiger partial charge in [0.25, 0.3) is 0 Å². The molecule has 0 bridgehead atoms. The maximum atomic E-state index is 13.8. The predicted octanol–water partition coefficient (Wildman–Crippen LogP) is 3.84. The Morgan fingerprint density at radius 1 is 1.33 bits per heavy atom. The van der Waals surface area contributed by atoms with Gasteiger partial charge in [0.2, 0.25) is 5.91 Å². The van der Waals surface area contributed by atoms with E-state index in [-0.39, 0.29) is 22.5 Å². The van der Waals surface area contributed by atoms with Gasteiger partial charge in [-0.05, 0) is 13.2 Å². The molecule has 0 atom stereocenters. The van der Waals surface area contributed by atoms with E-state index >= 15 is 0 Å². The molecule has 1 amide bonds. The summed E-state index contributed by atoms with van der Waals surface area (Å²) >= 11 is 2.45. The van der Waals surface area contributed by atoms with Crippen LogP contribution in [0.3, 0.4) is 0 Å². The van der Waals surface area contributed by atoms with Crippen molar-refractivity contribution in [1.82, 2.24) is 4.98 Å². The predicted molar refractivity (Wildman–Crippen MR) is 79.2 cm³/mol. The van der Waals surface area contributed by atoms with Crippen molar-refractivity contribution in [3.8, 4) is 11.3 Å². The first kappa shape index (κ1) is 15.8. The minimum atomic E-state index is -1.03. The molecule has 1 heterocycles. The number of amides is 1. The first-order valence-corrected chi connectivity index (χ1v) is 8.04. The van der Waals surface area contributed by atoms with Crippen molar-refractivity contribution in [2.24, 2.45) is 0 Å². The minimum absolute atomic E-state index is 0.0643. The Labute approximate surface area is 127 Å². The second kappa shape index (κ2) is 6.48. The summed E-state index contributed by atoms with van der Waals surface area (Å²) in [4.78, 5) is 16.0. The molecular formula is C13H11F3N2OS2. The van der Waals surface area contributed by atoms with E-state index in [0.29, 0.717) is 17.0 Å². The zero-order chi connectivity index (χ0) is 15.6. The number of thiazole rings is 1. The number of thioether (sulfide) groups is 1. The molecule has 1 aromatic heterocycles. The van der Waals surface area contributed by atoms with Crippen molar-refractivity contribution in [3.63, 3.8) is 0 Å². The molecule has 0 unspecified atom stereocenters. The van der Waals surface area contributed by atoms with Crippen molar-refractivity contribution in [2.75, 3.05) is 17.3 Å². The molecule has 112 valence electrons. The number of rotatable bonds is 4. The molecule has 0 saturated carbocycles. The highest BCUT2D eigenvalue weighted by atomic mass is 32.2. The molecule has 8 heteroatoms. The fourth-order valence-electron chi connectivity index (χ4n) is 1.74. The first-order chi connectivity index (χ1) is 9.92. The summed E-state index contributed by atoms with van der Waals surface area (Å²) in [6, 6.07) is 1.20. The number of halogens is 3. The molecular weight excluding hydrogens is 321 g/mol. The molecule has 0 radical (unpaired) electrons. The maximum absolute atomic E-state index is 13.8. The van der Waals surface area contributed by atoms with Gasteiger partial charge in [-0.25, -0.2) is 18.2 Å². The van der Waals surface area contributed by atoms with E-state index in [4.69, 9.17) is 0 Å². The van der Waals surface area contributed by atoms with Crippen molar-refractivity contribution in [3.05, 3.63) is 34.5 Å². The zero-order valence-corrected chi connectivity index (χ0v) is 12.8. The minimum Gasteiger partial charge on any atom is -0.301 e. The number of benzene rings is 1. The largest absolute Gasteiger partial charge is 0.301 e. The summed E-state index contributed by atoms with van der Waals surface area (Å²) in [6.45, 7) is 1.62. The number of aryl methyl sites for hydroxylation is 1. The summed E-state index contributed by atoms with van der Waals surface area (Å²) in [5, 5.41) is 2.81. The molecule has 1 N–H and O–H groups in total. The summed E-state index contributed by atoms with van der Waals surface area (Å²) < 4.78 is 40.5. The topological polar surface area (TPSA) is 42.0 Å². The lowest BCUT2D eigenvalue weighted by molar-refractivity contribution is -0.113. The van der Waals surface area contributed by atoms with Crippen LogP contribution in [0.1, 0.15) is 4.88 Å². The summed E-state index contributed by atoms with van der Waals surface area (Å²) in [5.74, 6) is -3.03. The van der Waals surface area contributed by atoms with Crippen molar-refractivity contribution >= 4 is 34.1 Å². The van der Waals surface area contributed by atoms with E-state index in [1.165, 1.54) is 11.8 Å². The Balaban J connectivity index is 2.38. The van der Waals surface area contributed by atoms with Gasteiger partial charge < -0.3 is 5.32 Å². The Morgan fingerprint density at radius 3 is 2.52 bits per heavy atom. The Bertz CT molecular complexity index is 665. The molecule has 2 aromatic rings. The number of hydrogen-bond acceptors (Lipinski definition) is 4. The van der Waals surface area contributed by atoms with Crippen LogP contribution in [0.15, 0.2) is 12.1 Å². The third-order valence-electron chi connectivity index (χ3n) is 2.56. The van der Waals surface area contributed by atoms with Crippen molar-refractivity contribution in [2.45, 2.75) is 6.92 Å². The second-order valence-corrected chi connectivity index (χ2v) is 6.22. The highest BCUT2D eigenvalue weighted by molar-refractivity contribution is 7.99. The van der Waals surface area contributed by atoms with Crippen LogP contribution in [-0.2, 0) is 4.79 Å². The molecule has 0 aliphatic rings. The van der Waals surface area contributed by atoms with E-state index in [1.54, 1.807) is 13.2 Å². The highest BCUT2D eigenvalue weighted by Gasteiger charge is 2.20. The monoisotopic (exact) mass is 332 g/mol. The van der Waals surface area contributed by atoms with Gasteiger partial charge in [-0.1, -0.05) is 0 Å². The number of carbonyl (C=O) groups excluding carboxylic acids is 1. The molecule has 3 nitrogen and oxygen atoms in total. The maximum Gasteiger partial charge on any atom is 0.236 e. The Morgan fingerprint density at radius 2 is 1.95 bits per heavy atom. The van der Waals surface area contributed by atoms with Gasteiger partial charge in [-0.3, -0.25) is 4.79 Å². The fraction of sp³-hybridized carbons (Fsp3) is 0.231. The smallest absolute Gasteiger partial charge is 0.236 e.